The number of nitrogens with zero attached hydrogens (tertiary/aromatic N) is 1. The van der Waals surface area contributed by atoms with Crippen LogP contribution < -0.4 is 10.6 Å². The van der Waals surface area contributed by atoms with Gasteiger partial charge in [0, 0.05) is 22.2 Å². The maximum Gasteiger partial charge on any atom is 0.263 e. The lowest BCUT2D eigenvalue weighted by Gasteiger charge is -2.41. The summed E-state index contributed by atoms with van der Waals surface area (Å²) in [6, 6.07) is 10.2. The highest BCUT2D eigenvalue weighted by Gasteiger charge is 2.59. The molecule has 1 N–H and O–H groups in total. The van der Waals surface area contributed by atoms with E-state index in [2.05, 4.69) is 10.6 Å². The van der Waals surface area contributed by atoms with E-state index >= 15 is 0 Å². The summed E-state index contributed by atoms with van der Waals surface area (Å²) in [5, 5.41) is 7.59. The van der Waals surface area contributed by atoms with E-state index in [9.17, 15) is 14.0 Å². The summed E-state index contributed by atoms with van der Waals surface area (Å²) < 4.78 is 19.5. The van der Waals surface area contributed by atoms with Gasteiger partial charge in [-0.25, -0.2) is 9.71 Å². The Labute approximate surface area is 176 Å². The van der Waals surface area contributed by atoms with Crippen LogP contribution in [0.1, 0.15) is 28.3 Å². The quantitative estimate of drug-likeness (QED) is 0.668. The maximum absolute atomic E-state index is 14.2. The number of hydrogen-bond acceptors (Lipinski definition) is 3. The molecule has 2 aliphatic heterocycles. The lowest BCUT2D eigenvalue weighted by atomic mass is 9.63. The van der Waals surface area contributed by atoms with Crippen LogP contribution in [0.15, 0.2) is 65.5 Å². The lowest BCUT2D eigenvalue weighted by molar-refractivity contribution is -0.125. The summed E-state index contributed by atoms with van der Waals surface area (Å²) >= 11 is 6.14. The second-order valence-electron chi connectivity index (χ2n) is 7.40. The van der Waals surface area contributed by atoms with E-state index in [1.165, 1.54) is 30.7 Å². The van der Waals surface area contributed by atoms with Gasteiger partial charge in [-0.05, 0) is 54.0 Å². The van der Waals surface area contributed by atoms with Crippen LogP contribution in [0.5, 0.6) is 0 Å². The van der Waals surface area contributed by atoms with Gasteiger partial charge < -0.3 is 9.73 Å². The smallest absolute Gasteiger partial charge is 0.263 e. The maximum atomic E-state index is 14.2. The summed E-state index contributed by atoms with van der Waals surface area (Å²) in [7, 11) is 0. The van der Waals surface area contributed by atoms with Gasteiger partial charge in [0.05, 0.1) is 24.3 Å². The number of carbonyl (C=O) groups is 2. The topological polar surface area (TPSA) is 73.4 Å². The first-order chi connectivity index (χ1) is 14.4. The van der Waals surface area contributed by atoms with Crippen LogP contribution in [-0.4, -0.2) is 11.8 Å². The minimum absolute atomic E-state index is 0.388. The fraction of sp³-hybridized carbons (Fsp3) is 0.130. The summed E-state index contributed by atoms with van der Waals surface area (Å²) in [6.45, 7) is 1.81. The number of amides is 2. The minimum Gasteiger partial charge on any atom is -0.472 e. The van der Waals surface area contributed by atoms with Crippen LogP contribution in [0.25, 0.3) is 5.57 Å². The SMILES string of the molecule is Cc1ccc(F)cc1[C@H]1NC(=O)C=C(c2ccoc2)C12C(=O)[N]c1cc(Cl)ccc12. The molecule has 3 aromatic rings. The van der Waals surface area contributed by atoms with Crippen molar-refractivity contribution in [1.29, 1.82) is 0 Å². The molecular weight excluding hydrogens is 407 g/mol. The van der Waals surface area contributed by atoms with E-state index in [0.717, 1.165) is 5.56 Å². The number of furan rings is 1. The van der Waals surface area contributed by atoms with Gasteiger partial charge in [0.2, 0.25) is 5.91 Å². The number of nitrogens with one attached hydrogen (secondary N) is 1. The zero-order valence-corrected chi connectivity index (χ0v) is 16.5. The molecule has 0 saturated carbocycles. The lowest BCUT2D eigenvalue weighted by Crippen LogP contribution is -2.52. The molecule has 5 rings (SSSR count). The van der Waals surface area contributed by atoms with Crippen molar-refractivity contribution in [3.63, 3.8) is 0 Å². The van der Waals surface area contributed by atoms with Crippen LogP contribution in [0.4, 0.5) is 10.1 Å². The fourth-order valence-corrected chi connectivity index (χ4v) is 4.60. The highest BCUT2D eigenvalue weighted by atomic mass is 35.5. The van der Waals surface area contributed by atoms with Crippen LogP contribution in [0, 0.1) is 12.7 Å². The molecular formula is C23H15ClFN2O3. The number of benzene rings is 2. The Morgan fingerprint density at radius 3 is 2.77 bits per heavy atom. The Morgan fingerprint density at radius 2 is 2.00 bits per heavy atom. The fourth-order valence-electron chi connectivity index (χ4n) is 4.44. The summed E-state index contributed by atoms with van der Waals surface area (Å²) in [5.41, 5.74) is 1.92. The Balaban J connectivity index is 1.86. The molecule has 2 aromatic carbocycles. The van der Waals surface area contributed by atoms with Gasteiger partial charge in [0.15, 0.2) is 0 Å². The largest absolute Gasteiger partial charge is 0.472 e. The van der Waals surface area contributed by atoms with Gasteiger partial charge in [-0.15, -0.1) is 0 Å². The number of fused-ring (bicyclic) bond motifs is 2. The molecule has 0 aliphatic carbocycles. The molecule has 0 fully saturated rings. The molecule has 1 aromatic heterocycles. The third-order valence-corrected chi connectivity index (χ3v) is 5.98. The molecule has 0 bridgehead atoms. The third kappa shape index (κ3) is 2.53. The summed E-state index contributed by atoms with van der Waals surface area (Å²) in [6.07, 6.45) is 4.33. The molecule has 3 heterocycles. The van der Waals surface area contributed by atoms with Crippen molar-refractivity contribution < 1.29 is 18.4 Å². The van der Waals surface area contributed by atoms with Crippen molar-refractivity contribution in [3.05, 3.63) is 94.2 Å². The number of rotatable bonds is 2. The minimum atomic E-state index is -1.38. The number of halogens is 2. The molecule has 30 heavy (non-hydrogen) atoms. The molecule has 1 unspecified atom stereocenters. The number of hydrogen-bond donors (Lipinski definition) is 1. The van der Waals surface area contributed by atoms with Crippen molar-refractivity contribution in [2.75, 3.05) is 0 Å². The zero-order chi connectivity index (χ0) is 21.0. The average molecular weight is 422 g/mol. The molecule has 2 atom stereocenters. The van der Waals surface area contributed by atoms with E-state index in [1.54, 1.807) is 30.3 Å². The molecule has 1 spiro atoms. The Hall–Kier alpha value is -3.38. The van der Waals surface area contributed by atoms with E-state index in [0.29, 0.717) is 33.0 Å². The van der Waals surface area contributed by atoms with Crippen LogP contribution in [-0.2, 0) is 15.0 Å². The Bertz CT molecular complexity index is 1240. The molecule has 7 heteroatoms. The van der Waals surface area contributed by atoms with Crippen LogP contribution in [0.2, 0.25) is 5.02 Å². The zero-order valence-electron chi connectivity index (χ0n) is 15.8. The standard InChI is InChI=1S/C23H15ClFN2O3/c1-12-2-4-15(25)9-16(12)21-23(17-5-3-14(24)8-19(17)26-22(23)29)18(10-20(28)27-21)13-6-7-30-11-13/h2-11,21H,1H3,(H,27,28)/t21-,23?/m1/s1. The Morgan fingerprint density at radius 1 is 1.17 bits per heavy atom. The van der Waals surface area contributed by atoms with Crippen molar-refractivity contribution in [2.24, 2.45) is 0 Å². The summed E-state index contributed by atoms with van der Waals surface area (Å²) in [5.74, 6) is -1.31. The van der Waals surface area contributed by atoms with Gasteiger partial charge in [-0.1, -0.05) is 23.7 Å². The second kappa shape index (κ2) is 6.57. The predicted molar refractivity (Wildman–Crippen MR) is 109 cm³/mol. The average Bonchev–Trinajstić information content (AvgIpc) is 3.33. The van der Waals surface area contributed by atoms with E-state index in [4.69, 9.17) is 16.0 Å². The van der Waals surface area contributed by atoms with Crippen LogP contribution in [0.3, 0.4) is 0 Å². The number of aryl methyl sites for hydroxylation is 1. The molecule has 2 amide bonds. The molecule has 149 valence electrons. The first-order valence-electron chi connectivity index (χ1n) is 9.28. The highest BCUT2D eigenvalue weighted by molar-refractivity contribution is 6.31. The van der Waals surface area contributed by atoms with Gasteiger partial charge >= 0.3 is 0 Å². The van der Waals surface area contributed by atoms with Crippen molar-refractivity contribution in [3.8, 4) is 0 Å². The van der Waals surface area contributed by atoms with E-state index in [1.807, 2.05) is 6.92 Å². The van der Waals surface area contributed by atoms with Crippen molar-refractivity contribution >= 4 is 34.7 Å². The Kier molecular flexibility index (Phi) is 4.08. The van der Waals surface area contributed by atoms with Gasteiger partial charge in [-0.2, -0.15) is 0 Å². The van der Waals surface area contributed by atoms with Crippen molar-refractivity contribution in [2.45, 2.75) is 18.4 Å². The first-order valence-corrected chi connectivity index (χ1v) is 9.66. The monoisotopic (exact) mass is 421 g/mol. The van der Waals surface area contributed by atoms with Gasteiger partial charge in [0.25, 0.3) is 5.91 Å². The molecule has 0 saturated heterocycles. The second-order valence-corrected chi connectivity index (χ2v) is 7.84. The van der Waals surface area contributed by atoms with E-state index in [-0.39, 0.29) is 5.91 Å². The number of carbonyl (C=O) groups excluding carboxylic acids is 2. The molecule has 2 aliphatic rings. The summed E-state index contributed by atoms with van der Waals surface area (Å²) in [4.78, 5) is 26.3. The van der Waals surface area contributed by atoms with E-state index < -0.39 is 23.2 Å². The van der Waals surface area contributed by atoms with Crippen molar-refractivity contribution in [1.82, 2.24) is 10.6 Å². The molecule has 1 radical (unpaired) electrons. The first kappa shape index (κ1) is 18.6. The third-order valence-electron chi connectivity index (χ3n) is 5.75. The van der Waals surface area contributed by atoms with Gasteiger partial charge in [-0.3, -0.25) is 9.59 Å². The highest BCUT2D eigenvalue weighted by Crippen LogP contribution is 2.56. The predicted octanol–water partition coefficient (Wildman–Crippen LogP) is 4.35. The normalized spacial score (nSPS) is 22.5. The van der Waals surface area contributed by atoms with Gasteiger partial charge in [0.1, 0.15) is 11.2 Å². The molecule has 5 nitrogen and oxygen atoms in total. The van der Waals surface area contributed by atoms with Crippen LogP contribution >= 0.6 is 11.6 Å².